The third-order valence-electron chi connectivity index (χ3n) is 3.15. The Hall–Kier alpha value is -0.890. The molecule has 1 nitrogen and oxygen atoms in total. The van der Waals surface area contributed by atoms with Crippen molar-refractivity contribution in [2.45, 2.75) is 25.3 Å². The lowest BCUT2D eigenvalue weighted by Crippen LogP contribution is -2.27. The van der Waals surface area contributed by atoms with E-state index in [0.717, 1.165) is 25.8 Å². The second kappa shape index (κ2) is 2.55. The molecule has 1 aromatic carbocycles. The summed E-state index contributed by atoms with van der Waals surface area (Å²) in [6.45, 7) is 1.00. The van der Waals surface area contributed by atoms with Gasteiger partial charge < -0.3 is 5.32 Å². The van der Waals surface area contributed by atoms with E-state index < -0.39 is 0 Å². The number of nitrogens with one attached hydrogen (secondary N) is 1. The van der Waals surface area contributed by atoms with E-state index in [-0.39, 0.29) is 5.82 Å². The minimum atomic E-state index is -0.0590. The average molecular weight is 177 g/mol. The van der Waals surface area contributed by atoms with Crippen molar-refractivity contribution < 1.29 is 4.39 Å². The minimum absolute atomic E-state index is 0.0590. The highest BCUT2D eigenvalue weighted by Crippen LogP contribution is 2.36. The van der Waals surface area contributed by atoms with Crippen LogP contribution in [0.4, 0.5) is 4.39 Å². The Bertz CT molecular complexity index is 359. The zero-order valence-corrected chi connectivity index (χ0v) is 7.44. The van der Waals surface area contributed by atoms with Crippen molar-refractivity contribution in [2.75, 3.05) is 6.54 Å². The monoisotopic (exact) mass is 177 g/mol. The van der Waals surface area contributed by atoms with Crippen molar-refractivity contribution in [1.29, 1.82) is 0 Å². The van der Waals surface area contributed by atoms with Crippen LogP contribution in [0, 0.1) is 5.82 Å². The molecule has 1 unspecified atom stereocenters. The molecule has 2 heteroatoms. The first-order chi connectivity index (χ1) is 6.34. The van der Waals surface area contributed by atoms with Gasteiger partial charge in [-0.3, -0.25) is 0 Å². The number of rotatable bonds is 0. The van der Waals surface area contributed by atoms with Crippen LogP contribution in [0.15, 0.2) is 12.1 Å². The second-order valence-corrected chi connectivity index (χ2v) is 3.93. The molecule has 68 valence electrons. The fourth-order valence-corrected chi connectivity index (χ4v) is 2.63. The van der Waals surface area contributed by atoms with Crippen LogP contribution in [0.3, 0.4) is 0 Å². The third kappa shape index (κ3) is 1.02. The van der Waals surface area contributed by atoms with Gasteiger partial charge in [-0.1, -0.05) is 0 Å². The van der Waals surface area contributed by atoms with Crippen molar-refractivity contribution in [3.05, 3.63) is 34.6 Å². The molecular formula is C11H12FN. The number of halogens is 1. The van der Waals surface area contributed by atoms with Crippen molar-refractivity contribution in [3.8, 4) is 0 Å². The molecule has 0 amide bonds. The van der Waals surface area contributed by atoms with Crippen molar-refractivity contribution in [2.24, 2.45) is 0 Å². The van der Waals surface area contributed by atoms with Gasteiger partial charge in [0, 0.05) is 6.04 Å². The van der Waals surface area contributed by atoms with E-state index >= 15 is 0 Å². The lowest BCUT2D eigenvalue weighted by molar-refractivity contribution is 0.505. The van der Waals surface area contributed by atoms with Gasteiger partial charge >= 0.3 is 0 Å². The highest BCUT2D eigenvalue weighted by Gasteiger charge is 2.28. The van der Waals surface area contributed by atoms with Gasteiger partial charge in [0.05, 0.1) is 0 Å². The number of aryl methyl sites for hydroxylation is 1. The number of hydrogen-bond acceptors (Lipinski definition) is 1. The highest BCUT2D eigenvalue weighted by molar-refractivity contribution is 5.43. The first-order valence-corrected chi connectivity index (χ1v) is 4.89. The summed E-state index contributed by atoms with van der Waals surface area (Å²) in [7, 11) is 0. The molecule has 1 atom stereocenters. The van der Waals surface area contributed by atoms with Gasteiger partial charge in [-0.2, -0.15) is 0 Å². The molecule has 1 aliphatic heterocycles. The van der Waals surface area contributed by atoms with Crippen LogP contribution in [0.25, 0.3) is 0 Å². The maximum Gasteiger partial charge on any atom is 0.123 e. The Labute approximate surface area is 77.0 Å². The standard InChI is InChI=1S/C11H12FN/c12-9-5-7-1-2-10-11(7)8(6-9)3-4-13-10/h5-6,10,13H,1-4H2. The Morgan fingerprint density at radius 3 is 2.85 bits per heavy atom. The van der Waals surface area contributed by atoms with Crippen LogP contribution in [-0.2, 0) is 12.8 Å². The van der Waals surface area contributed by atoms with E-state index in [0.29, 0.717) is 6.04 Å². The van der Waals surface area contributed by atoms with Gasteiger partial charge in [0.15, 0.2) is 0 Å². The molecule has 0 saturated heterocycles. The summed E-state index contributed by atoms with van der Waals surface area (Å²) in [5.41, 5.74) is 3.86. The fraction of sp³-hybridized carbons (Fsp3) is 0.455. The van der Waals surface area contributed by atoms with E-state index in [2.05, 4.69) is 5.32 Å². The van der Waals surface area contributed by atoms with Gasteiger partial charge in [0.2, 0.25) is 0 Å². The molecule has 2 aliphatic rings. The predicted molar refractivity (Wildman–Crippen MR) is 49.2 cm³/mol. The summed E-state index contributed by atoms with van der Waals surface area (Å²) in [6.07, 6.45) is 3.17. The highest BCUT2D eigenvalue weighted by atomic mass is 19.1. The molecule has 0 fully saturated rings. The maximum absolute atomic E-state index is 13.1. The molecular weight excluding hydrogens is 165 g/mol. The second-order valence-electron chi connectivity index (χ2n) is 3.93. The molecule has 1 aliphatic carbocycles. The molecule has 3 rings (SSSR count). The van der Waals surface area contributed by atoms with E-state index in [1.165, 1.54) is 16.7 Å². The Morgan fingerprint density at radius 2 is 2.00 bits per heavy atom. The summed E-state index contributed by atoms with van der Waals surface area (Å²) in [5, 5.41) is 3.47. The van der Waals surface area contributed by atoms with Crippen LogP contribution < -0.4 is 5.32 Å². The molecule has 0 radical (unpaired) electrons. The van der Waals surface area contributed by atoms with Crippen LogP contribution in [0.1, 0.15) is 29.2 Å². The van der Waals surface area contributed by atoms with Gasteiger partial charge in [-0.05, 0) is 54.6 Å². The Kier molecular flexibility index (Phi) is 1.47. The number of benzene rings is 1. The molecule has 13 heavy (non-hydrogen) atoms. The van der Waals surface area contributed by atoms with E-state index in [1.807, 2.05) is 0 Å². The topological polar surface area (TPSA) is 12.0 Å². The number of hydrogen-bond donors (Lipinski definition) is 1. The molecule has 1 heterocycles. The van der Waals surface area contributed by atoms with Crippen molar-refractivity contribution in [3.63, 3.8) is 0 Å². The van der Waals surface area contributed by atoms with Crippen LogP contribution in [-0.4, -0.2) is 6.54 Å². The van der Waals surface area contributed by atoms with Crippen molar-refractivity contribution in [1.82, 2.24) is 5.32 Å². The molecule has 0 spiro atoms. The molecule has 0 saturated carbocycles. The zero-order chi connectivity index (χ0) is 8.84. The third-order valence-corrected chi connectivity index (χ3v) is 3.15. The first kappa shape index (κ1) is 7.51. The lowest BCUT2D eigenvalue weighted by atomic mass is 9.95. The minimum Gasteiger partial charge on any atom is -0.310 e. The first-order valence-electron chi connectivity index (χ1n) is 4.89. The largest absolute Gasteiger partial charge is 0.310 e. The molecule has 0 bridgehead atoms. The van der Waals surface area contributed by atoms with Crippen LogP contribution in [0.2, 0.25) is 0 Å². The summed E-state index contributed by atoms with van der Waals surface area (Å²) < 4.78 is 13.1. The predicted octanol–water partition coefficient (Wildman–Crippen LogP) is 1.96. The summed E-state index contributed by atoms with van der Waals surface area (Å²) in [5.74, 6) is -0.0590. The van der Waals surface area contributed by atoms with E-state index in [9.17, 15) is 4.39 Å². The van der Waals surface area contributed by atoms with E-state index in [1.54, 1.807) is 12.1 Å². The summed E-state index contributed by atoms with van der Waals surface area (Å²) >= 11 is 0. The Morgan fingerprint density at radius 1 is 1.23 bits per heavy atom. The quantitative estimate of drug-likeness (QED) is 0.638. The zero-order valence-electron chi connectivity index (χ0n) is 7.44. The van der Waals surface area contributed by atoms with Gasteiger partial charge in [0.25, 0.3) is 0 Å². The van der Waals surface area contributed by atoms with Gasteiger partial charge in [-0.15, -0.1) is 0 Å². The normalized spacial score (nSPS) is 24.5. The summed E-state index contributed by atoms with van der Waals surface area (Å²) in [6, 6.07) is 3.92. The van der Waals surface area contributed by atoms with Gasteiger partial charge in [-0.25, -0.2) is 4.39 Å². The lowest BCUT2D eigenvalue weighted by Gasteiger charge is -2.23. The average Bonchev–Trinajstić information content (AvgIpc) is 2.50. The summed E-state index contributed by atoms with van der Waals surface area (Å²) in [4.78, 5) is 0. The SMILES string of the molecule is Fc1cc2c3c(c1)CCC3NCC2. The maximum atomic E-state index is 13.1. The van der Waals surface area contributed by atoms with Crippen molar-refractivity contribution >= 4 is 0 Å². The Balaban J connectivity index is 2.23. The molecule has 0 aromatic heterocycles. The molecule has 1 aromatic rings. The van der Waals surface area contributed by atoms with Crippen LogP contribution in [0.5, 0.6) is 0 Å². The fourth-order valence-electron chi connectivity index (χ4n) is 2.63. The molecule has 1 N–H and O–H groups in total. The van der Waals surface area contributed by atoms with Crippen LogP contribution >= 0.6 is 0 Å². The van der Waals surface area contributed by atoms with E-state index in [4.69, 9.17) is 0 Å². The smallest absolute Gasteiger partial charge is 0.123 e. The van der Waals surface area contributed by atoms with Gasteiger partial charge in [0.1, 0.15) is 5.82 Å².